The van der Waals surface area contributed by atoms with Crippen LogP contribution >= 0.6 is 0 Å². The third-order valence-electron chi connectivity index (χ3n) is 4.78. The summed E-state index contributed by atoms with van der Waals surface area (Å²) in [4.78, 5) is 28.8. The summed E-state index contributed by atoms with van der Waals surface area (Å²) in [6.07, 6.45) is 0.859. The van der Waals surface area contributed by atoms with E-state index in [0.29, 0.717) is 37.5 Å². The molecule has 0 spiro atoms. The molecule has 0 radical (unpaired) electrons. The van der Waals surface area contributed by atoms with Gasteiger partial charge in [-0.1, -0.05) is 31.2 Å². The summed E-state index contributed by atoms with van der Waals surface area (Å²) in [5.74, 6) is 0.534. The summed E-state index contributed by atoms with van der Waals surface area (Å²) in [6, 6.07) is 14.9. The summed E-state index contributed by atoms with van der Waals surface area (Å²) in [7, 11) is 1.57. The van der Waals surface area contributed by atoms with Gasteiger partial charge in [0.25, 0.3) is 5.91 Å². The van der Waals surface area contributed by atoms with Gasteiger partial charge in [-0.25, -0.2) is 4.79 Å². The zero-order valence-electron chi connectivity index (χ0n) is 15.8. The van der Waals surface area contributed by atoms with E-state index in [1.54, 1.807) is 16.9 Å². The maximum absolute atomic E-state index is 12.9. The van der Waals surface area contributed by atoms with Gasteiger partial charge in [-0.05, 0) is 36.2 Å². The van der Waals surface area contributed by atoms with Crippen LogP contribution in [0.5, 0.6) is 5.75 Å². The Labute approximate surface area is 159 Å². The molecule has 2 aromatic rings. The predicted octanol–water partition coefficient (Wildman–Crippen LogP) is 3.25. The Kier molecular flexibility index (Phi) is 5.96. The molecule has 0 unspecified atom stereocenters. The third kappa shape index (κ3) is 4.39. The lowest BCUT2D eigenvalue weighted by atomic mass is 10.1. The maximum Gasteiger partial charge on any atom is 0.321 e. The largest absolute Gasteiger partial charge is 0.496 e. The van der Waals surface area contributed by atoms with Crippen molar-refractivity contribution in [3.63, 3.8) is 0 Å². The molecule has 1 aliphatic rings. The summed E-state index contributed by atoms with van der Waals surface area (Å²) < 4.78 is 5.36. The van der Waals surface area contributed by atoms with Crippen LogP contribution in [0.25, 0.3) is 0 Å². The lowest BCUT2D eigenvalue weighted by molar-refractivity contribution is 0.0668. The standard InChI is InChI=1S/C21H25N3O3/c1-3-16-9-10-19(27-2)18(15-16)20(25)23-11-13-24(14-12-23)21(26)22-17-7-5-4-6-8-17/h4-10,15H,3,11-14H2,1-2H3,(H,22,26). The van der Waals surface area contributed by atoms with Gasteiger partial charge in [0.1, 0.15) is 5.75 Å². The molecule has 1 aliphatic heterocycles. The summed E-state index contributed by atoms with van der Waals surface area (Å²) in [6.45, 7) is 4.06. The number of hydrogen-bond donors (Lipinski definition) is 1. The van der Waals surface area contributed by atoms with Crippen molar-refractivity contribution in [1.29, 1.82) is 0 Å². The molecular weight excluding hydrogens is 342 g/mol. The minimum atomic E-state index is -0.140. The second-order valence-corrected chi connectivity index (χ2v) is 6.46. The molecule has 0 aliphatic carbocycles. The molecule has 0 atom stereocenters. The molecule has 3 rings (SSSR count). The fraction of sp³-hybridized carbons (Fsp3) is 0.333. The van der Waals surface area contributed by atoms with E-state index in [1.807, 2.05) is 48.5 Å². The van der Waals surface area contributed by atoms with Crippen molar-refractivity contribution < 1.29 is 14.3 Å². The van der Waals surface area contributed by atoms with Crippen molar-refractivity contribution in [3.8, 4) is 5.75 Å². The van der Waals surface area contributed by atoms with E-state index in [4.69, 9.17) is 4.74 Å². The Bertz CT molecular complexity index is 800. The first-order chi connectivity index (χ1) is 13.1. The number of para-hydroxylation sites is 1. The number of benzene rings is 2. The number of carbonyl (C=O) groups is 2. The number of nitrogens with zero attached hydrogens (tertiary/aromatic N) is 2. The lowest BCUT2D eigenvalue weighted by Crippen LogP contribution is -2.51. The normalized spacial score (nSPS) is 14.0. The van der Waals surface area contributed by atoms with E-state index in [2.05, 4.69) is 12.2 Å². The fourth-order valence-electron chi connectivity index (χ4n) is 3.15. The number of ether oxygens (including phenoxy) is 1. The molecule has 0 aromatic heterocycles. The molecule has 6 heteroatoms. The van der Waals surface area contributed by atoms with E-state index in [0.717, 1.165) is 17.7 Å². The van der Waals surface area contributed by atoms with Gasteiger partial charge in [0.15, 0.2) is 0 Å². The zero-order valence-corrected chi connectivity index (χ0v) is 15.8. The van der Waals surface area contributed by atoms with Crippen LogP contribution in [0.4, 0.5) is 10.5 Å². The molecular formula is C21H25N3O3. The Hall–Kier alpha value is -3.02. The highest BCUT2D eigenvalue weighted by atomic mass is 16.5. The molecule has 0 bridgehead atoms. The molecule has 142 valence electrons. The van der Waals surface area contributed by atoms with Gasteiger partial charge in [-0.3, -0.25) is 4.79 Å². The minimum absolute atomic E-state index is 0.0507. The Morgan fingerprint density at radius 2 is 1.67 bits per heavy atom. The summed E-state index contributed by atoms with van der Waals surface area (Å²) in [5.41, 5.74) is 2.45. The minimum Gasteiger partial charge on any atom is -0.496 e. The quantitative estimate of drug-likeness (QED) is 0.902. The van der Waals surface area contributed by atoms with Gasteiger partial charge in [0.05, 0.1) is 12.7 Å². The molecule has 1 heterocycles. The smallest absolute Gasteiger partial charge is 0.321 e. The fourth-order valence-corrected chi connectivity index (χ4v) is 3.15. The molecule has 3 amide bonds. The van der Waals surface area contributed by atoms with Crippen LogP contribution in [0, 0.1) is 0 Å². The van der Waals surface area contributed by atoms with Crippen molar-refractivity contribution in [2.75, 3.05) is 38.6 Å². The Morgan fingerprint density at radius 1 is 1.00 bits per heavy atom. The number of hydrogen-bond acceptors (Lipinski definition) is 3. The topological polar surface area (TPSA) is 61.9 Å². The highest BCUT2D eigenvalue weighted by Crippen LogP contribution is 2.23. The number of aryl methyl sites for hydroxylation is 1. The molecule has 0 saturated carbocycles. The number of piperazine rings is 1. The van der Waals surface area contributed by atoms with Crippen molar-refractivity contribution in [2.45, 2.75) is 13.3 Å². The second kappa shape index (κ2) is 8.58. The molecule has 1 saturated heterocycles. The summed E-state index contributed by atoms with van der Waals surface area (Å²) in [5, 5.41) is 2.88. The van der Waals surface area contributed by atoms with Crippen LogP contribution in [0.3, 0.4) is 0 Å². The van der Waals surface area contributed by atoms with Crippen molar-refractivity contribution >= 4 is 17.6 Å². The number of carbonyl (C=O) groups excluding carboxylic acids is 2. The monoisotopic (exact) mass is 367 g/mol. The number of rotatable bonds is 4. The van der Waals surface area contributed by atoms with E-state index >= 15 is 0 Å². The van der Waals surface area contributed by atoms with E-state index in [1.165, 1.54) is 0 Å². The highest BCUT2D eigenvalue weighted by Gasteiger charge is 2.26. The number of nitrogens with one attached hydrogen (secondary N) is 1. The van der Waals surface area contributed by atoms with Crippen LogP contribution in [0.1, 0.15) is 22.8 Å². The molecule has 6 nitrogen and oxygen atoms in total. The first kappa shape index (κ1) is 18.8. The van der Waals surface area contributed by atoms with Crippen LogP contribution in [0.15, 0.2) is 48.5 Å². The van der Waals surface area contributed by atoms with E-state index in [9.17, 15) is 9.59 Å². The maximum atomic E-state index is 12.9. The van der Waals surface area contributed by atoms with Crippen LogP contribution in [-0.4, -0.2) is 55.0 Å². The van der Waals surface area contributed by atoms with Crippen LogP contribution < -0.4 is 10.1 Å². The van der Waals surface area contributed by atoms with Crippen molar-refractivity contribution in [3.05, 3.63) is 59.7 Å². The second-order valence-electron chi connectivity index (χ2n) is 6.46. The Balaban J connectivity index is 1.62. The number of urea groups is 1. The third-order valence-corrected chi connectivity index (χ3v) is 4.78. The van der Waals surface area contributed by atoms with Crippen molar-refractivity contribution in [1.82, 2.24) is 9.80 Å². The zero-order chi connectivity index (χ0) is 19.2. The molecule has 2 aromatic carbocycles. The van der Waals surface area contributed by atoms with E-state index in [-0.39, 0.29) is 11.9 Å². The van der Waals surface area contributed by atoms with Gasteiger partial charge in [-0.2, -0.15) is 0 Å². The number of methoxy groups -OCH3 is 1. The van der Waals surface area contributed by atoms with Gasteiger partial charge in [-0.15, -0.1) is 0 Å². The van der Waals surface area contributed by atoms with Crippen molar-refractivity contribution in [2.24, 2.45) is 0 Å². The predicted molar refractivity (Wildman–Crippen MR) is 105 cm³/mol. The van der Waals surface area contributed by atoms with Crippen LogP contribution in [0.2, 0.25) is 0 Å². The molecule has 1 N–H and O–H groups in total. The lowest BCUT2D eigenvalue weighted by Gasteiger charge is -2.35. The average Bonchev–Trinajstić information content (AvgIpc) is 2.73. The van der Waals surface area contributed by atoms with Gasteiger partial charge >= 0.3 is 6.03 Å². The Morgan fingerprint density at radius 3 is 2.30 bits per heavy atom. The number of amides is 3. The van der Waals surface area contributed by atoms with Gasteiger partial charge < -0.3 is 19.9 Å². The SMILES string of the molecule is CCc1ccc(OC)c(C(=O)N2CCN(C(=O)Nc3ccccc3)CC2)c1. The molecule has 27 heavy (non-hydrogen) atoms. The van der Waals surface area contributed by atoms with Gasteiger partial charge in [0.2, 0.25) is 0 Å². The number of anilines is 1. The molecule has 1 fully saturated rings. The summed E-state index contributed by atoms with van der Waals surface area (Å²) >= 11 is 0. The first-order valence-electron chi connectivity index (χ1n) is 9.19. The van der Waals surface area contributed by atoms with Crippen LogP contribution in [-0.2, 0) is 6.42 Å². The van der Waals surface area contributed by atoms with E-state index < -0.39 is 0 Å². The highest BCUT2D eigenvalue weighted by molar-refractivity contribution is 5.97. The average molecular weight is 367 g/mol. The first-order valence-corrected chi connectivity index (χ1v) is 9.19. The van der Waals surface area contributed by atoms with Gasteiger partial charge in [0, 0.05) is 31.9 Å².